The van der Waals surface area contributed by atoms with Crippen molar-refractivity contribution in [2.24, 2.45) is 0 Å². The molecule has 0 aliphatic heterocycles. The fourth-order valence-electron chi connectivity index (χ4n) is 4.70. The van der Waals surface area contributed by atoms with Crippen LogP contribution in [0.15, 0.2) is 36.4 Å². The van der Waals surface area contributed by atoms with Crippen molar-refractivity contribution in [2.45, 2.75) is 40.5 Å². The third kappa shape index (κ3) is 9.89. The molecule has 0 heterocycles. The molecule has 31 nitrogen and oxygen atoms in total. The molecular weight excluding hydrogens is 977 g/mol. The minimum absolute atomic E-state index is 0.00534. The van der Waals surface area contributed by atoms with Crippen LogP contribution in [0.25, 0.3) is 0 Å². The molecule has 1 rings (SSSR count). The Balaban J connectivity index is 0.00000152. The Bertz CT molecular complexity index is 1860. The van der Waals surface area contributed by atoms with Crippen LogP contribution in [0.5, 0.6) is 0 Å². The lowest BCUT2D eigenvalue weighted by Gasteiger charge is -2.57. The largest absolute Gasteiger partial charge is 0.478 e. The summed E-state index contributed by atoms with van der Waals surface area (Å²) in [6, 6.07) is 6.94. The number of carbonyl (C=O) groups is 2. The lowest BCUT2D eigenvalue weighted by molar-refractivity contribution is -0.132. The monoisotopic (exact) mass is 1010 g/mol. The van der Waals surface area contributed by atoms with Gasteiger partial charge in [-0.1, -0.05) is 51.6 Å². The number of ketones is 1. The second kappa shape index (κ2) is 16.6. The fourth-order valence-corrected chi connectivity index (χ4v) is 24.1. The fraction of sp³-hybridized carbons (Fsp3) is 0.412. The summed E-state index contributed by atoms with van der Waals surface area (Å²) in [6.45, 7) is 9.46. The molecular formula is C17H34NO30P9. The van der Waals surface area contributed by atoms with Gasteiger partial charge in [-0.25, -0.2) is 4.79 Å². The van der Waals surface area contributed by atoms with Crippen molar-refractivity contribution in [1.29, 1.82) is 0 Å². The first-order valence-electron chi connectivity index (χ1n) is 13.2. The van der Waals surface area contributed by atoms with Crippen LogP contribution in [-0.4, -0.2) is 124 Å². The Morgan fingerprint density at radius 2 is 0.649 bits per heavy atom. The van der Waals surface area contributed by atoms with E-state index in [1.807, 2.05) is 12.1 Å². The Hall–Kier alpha value is -0.590. The second-order valence-electron chi connectivity index (χ2n) is 12.0. The van der Waals surface area contributed by atoms with Crippen molar-refractivity contribution >= 4 is 80.1 Å². The van der Waals surface area contributed by atoms with Crippen LogP contribution < -0.4 is 0 Å². The SMILES string of the molecule is C=C(C(=O)O)C(=O)c1ccc(C(C)(C)C)cc1.O=P(O)(O)C(N(C(P(=O)(O)O)(P(=O)(O)O)P(=O)(O)O)C(P(=O)(O)O)(P(=O)(O)O)P(=O)(O)O)(P(=O)(O)O)P(=O)(O)O. The van der Waals surface area contributed by atoms with E-state index < -0.39 is 105 Å². The van der Waals surface area contributed by atoms with Gasteiger partial charge >= 0.3 is 88.6 Å². The van der Waals surface area contributed by atoms with Gasteiger partial charge < -0.3 is 93.2 Å². The van der Waals surface area contributed by atoms with E-state index in [9.17, 15) is 139 Å². The lowest BCUT2D eigenvalue weighted by atomic mass is 9.86. The lowest BCUT2D eigenvalue weighted by Crippen LogP contribution is -2.67. The molecule has 0 saturated carbocycles. The predicted octanol–water partition coefficient (Wildman–Crippen LogP) is -1.47. The second-order valence-corrected chi connectivity index (χ2v) is 30.8. The zero-order valence-electron chi connectivity index (χ0n) is 28.0. The minimum Gasteiger partial charge on any atom is -0.478 e. The van der Waals surface area contributed by atoms with Crippen LogP contribution in [0, 0.1) is 0 Å². The number of carboxylic acids is 1. The van der Waals surface area contributed by atoms with Crippen LogP contribution in [0.4, 0.5) is 0 Å². The number of Topliss-reactive ketones (excluding diaryl/α,β-unsaturated/α-hetero) is 1. The van der Waals surface area contributed by atoms with Crippen LogP contribution in [-0.2, 0) is 51.3 Å². The van der Waals surface area contributed by atoms with Gasteiger partial charge in [0, 0.05) is 5.56 Å². The van der Waals surface area contributed by atoms with Gasteiger partial charge in [0.15, 0.2) is 5.78 Å². The summed E-state index contributed by atoms with van der Waals surface area (Å²) in [7, 11) is -76.3. The highest BCUT2D eigenvalue weighted by Crippen LogP contribution is 2.99. The summed E-state index contributed by atoms with van der Waals surface area (Å²) in [5, 5.41) is 8.68. The van der Waals surface area contributed by atoms with Gasteiger partial charge in [0.1, 0.15) is 5.57 Å². The van der Waals surface area contributed by atoms with Gasteiger partial charge in [0.25, 0.3) is 0 Å². The van der Waals surface area contributed by atoms with Crippen molar-refractivity contribution in [3.8, 4) is 0 Å². The molecule has 332 valence electrons. The third-order valence-corrected chi connectivity index (χ3v) is 29.9. The molecule has 0 radical (unpaired) electrons. The number of nitrogens with zero attached hydrogens (tertiary/aromatic N) is 1. The summed E-state index contributed by atoms with van der Waals surface area (Å²) >= 11 is 0. The Kier molecular flexibility index (Phi) is 16.4. The molecule has 0 bridgehead atoms. The van der Waals surface area contributed by atoms with E-state index >= 15 is 0 Å². The zero-order valence-corrected chi connectivity index (χ0v) is 36.0. The van der Waals surface area contributed by atoms with Crippen LogP contribution >= 0.6 is 68.4 Å². The van der Waals surface area contributed by atoms with Crippen LogP contribution in [0.2, 0.25) is 0 Å². The predicted molar refractivity (Wildman–Crippen MR) is 185 cm³/mol. The molecule has 0 saturated heterocycles. The summed E-state index contributed by atoms with van der Waals surface area (Å²) in [5.74, 6) is -1.83. The average Bonchev–Trinajstić information content (AvgIpc) is 2.85. The molecule has 40 heteroatoms. The number of hydrogen-bond acceptors (Lipinski definition) is 12. The zero-order chi connectivity index (χ0) is 46.8. The van der Waals surface area contributed by atoms with Gasteiger partial charge in [-0.2, -0.15) is 4.90 Å². The first kappa shape index (κ1) is 56.4. The summed E-state index contributed by atoms with van der Waals surface area (Å²) < 4.78 is 90.0. The van der Waals surface area contributed by atoms with Gasteiger partial charge in [0.05, 0.1) is 0 Å². The summed E-state index contributed by atoms with van der Waals surface area (Å²) in [6.07, 6.45) is 0. The molecule has 0 atom stereocenters. The molecule has 0 aliphatic rings. The van der Waals surface area contributed by atoms with Gasteiger partial charge in [0.2, 0.25) is 0 Å². The Morgan fingerprint density at radius 1 is 0.456 bits per heavy atom. The van der Waals surface area contributed by atoms with E-state index in [1.54, 1.807) is 12.1 Å². The molecule has 0 spiro atoms. The maximum atomic E-state index is 12.4. The van der Waals surface area contributed by atoms with E-state index in [0.717, 1.165) is 5.56 Å². The molecule has 1 aromatic carbocycles. The molecule has 0 aromatic heterocycles. The Morgan fingerprint density at radius 3 is 0.789 bits per heavy atom. The maximum Gasteiger partial charge on any atom is 0.371 e. The number of aliphatic carboxylic acids is 1. The molecule has 0 aliphatic carbocycles. The number of benzene rings is 1. The van der Waals surface area contributed by atoms with Crippen molar-refractivity contribution in [3.05, 3.63) is 47.5 Å². The number of rotatable bonds is 15. The van der Waals surface area contributed by atoms with Gasteiger partial charge in [-0.3, -0.25) is 45.9 Å². The Labute approximate surface area is 316 Å². The normalized spacial score (nSPS) is 15.1. The van der Waals surface area contributed by atoms with E-state index in [4.69, 9.17) is 5.11 Å². The van der Waals surface area contributed by atoms with Gasteiger partial charge in [-0.05, 0) is 11.0 Å². The van der Waals surface area contributed by atoms with Crippen molar-refractivity contribution in [2.75, 3.05) is 0 Å². The van der Waals surface area contributed by atoms with Crippen LogP contribution in [0.1, 0.15) is 36.7 Å². The minimum atomic E-state index is -8.48. The van der Waals surface area contributed by atoms with E-state index in [0.29, 0.717) is 5.56 Å². The average molecular weight is 1010 g/mol. The highest BCUT2D eigenvalue weighted by molar-refractivity contribution is 7.93. The van der Waals surface area contributed by atoms with Crippen LogP contribution in [0.3, 0.4) is 0 Å². The molecule has 1 aromatic rings. The van der Waals surface area contributed by atoms with Gasteiger partial charge in [-0.15, -0.1) is 0 Å². The highest BCUT2D eigenvalue weighted by atomic mass is 31.3. The molecule has 57 heavy (non-hydrogen) atoms. The van der Waals surface area contributed by atoms with E-state index in [1.165, 1.54) is 0 Å². The molecule has 19 N–H and O–H groups in total. The van der Waals surface area contributed by atoms with Crippen molar-refractivity contribution in [1.82, 2.24) is 4.90 Å². The van der Waals surface area contributed by atoms with E-state index in [2.05, 4.69) is 27.4 Å². The van der Waals surface area contributed by atoms with Crippen molar-refractivity contribution < 1.29 is 144 Å². The summed E-state index contributed by atoms with van der Waals surface area (Å²) in [4.78, 5) is 193. The smallest absolute Gasteiger partial charge is 0.371 e. The molecule has 0 amide bonds. The number of hydrogen-bond donors (Lipinski definition) is 19. The molecule has 0 unspecified atom stereocenters. The highest BCUT2D eigenvalue weighted by Gasteiger charge is 2.97. The molecule has 0 fully saturated rings. The number of carbonyl (C=O) groups excluding carboxylic acids is 1. The standard InChI is InChI=1S/C14H16O3.C3H18NO27P9/c1-9(13(16)17)12(15)10-5-7-11(8-6-10)14(2,3)4;5-32(6,7)1(33(8,9)10,34(11,12)13)4(2(35(14,15)16,36(17,18)19)37(20,21)22)3(38(23,24)25,39(26,27)28)40(29,30)31/h5-8H,1H2,2-4H3,(H,16,17);(H2,5,6,7)(H2,8,9,10)(H2,11,12,13)(H2,14,15,16)(H2,17,18,19)(H2,20,21,22)(H2,23,24,25)(H2,26,27,28)(H2,29,30,31). The maximum absolute atomic E-state index is 12.4. The van der Waals surface area contributed by atoms with E-state index in [-0.39, 0.29) is 5.41 Å². The quantitative estimate of drug-likeness (QED) is 0.0313. The summed E-state index contributed by atoms with van der Waals surface area (Å²) in [5.41, 5.74) is 1.04. The topological polar surface area (TPSA) is 575 Å². The number of carboxylic acid groups (broad SMARTS) is 1. The third-order valence-electron chi connectivity index (χ3n) is 6.96. The first-order valence-corrected chi connectivity index (χ1v) is 27.7. The first-order chi connectivity index (χ1) is 24.3. The van der Waals surface area contributed by atoms with Crippen molar-refractivity contribution in [3.63, 3.8) is 0 Å².